The molecule has 0 aliphatic heterocycles. The van der Waals surface area contributed by atoms with Gasteiger partial charge in [0.05, 0.1) is 7.11 Å². The van der Waals surface area contributed by atoms with Gasteiger partial charge in [0.2, 0.25) is 5.91 Å². The van der Waals surface area contributed by atoms with Crippen molar-refractivity contribution < 1.29 is 14.3 Å². The second-order valence-electron chi connectivity index (χ2n) is 7.00. The van der Waals surface area contributed by atoms with Crippen molar-refractivity contribution in [2.45, 2.75) is 39.0 Å². The van der Waals surface area contributed by atoms with Gasteiger partial charge in [-0.2, -0.15) is 0 Å². The zero-order chi connectivity index (χ0) is 18.4. The lowest BCUT2D eigenvalue weighted by molar-refractivity contribution is -0.116. The molecule has 0 aliphatic rings. The first-order chi connectivity index (χ1) is 11.8. The van der Waals surface area contributed by atoms with E-state index < -0.39 is 0 Å². The van der Waals surface area contributed by atoms with Crippen molar-refractivity contribution in [1.82, 2.24) is 0 Å². The number of carbonyl (C=O) groups excluding carboxylic acids is 2. The Morgan fingerprint density at radius 1 is 1.00 bits per heavy atom. The maximum absolute atomic E-state index is 12.3. The third-order valence-corrected chi connectivity index (χ3v) is 3.98. The number of ether oxygens (including phenoxy) is 1. The Morgan fingerprint density at radius 3 is 2.40 bits per heavy atom. The number of carbonyl (C=O) groups is 2. The van der Waals surface area contributed by atoms with Gasteiger partial charge in [0.15, 0.2) is 5.78 Å². The van der Waals surface area contributed by atoms with Crippen LogP contribution in [-0.2, 0) is 10.2 Å². The van der Waals surface area contributed by atoms with Gasteiger partial charge in [-0.3, -0.25) is 9.59 Å². The van der Waals surface area contributed by atoms with Crippen LogP contribution in [0.25, 0.3) is 0 Å². The molecular formula is C21H25NO3. The van der Waals surface area contributed by atoms with E-state index in [1.165, 1.54) is 0 Å². The minimum absolute atomic E-state index is 0.0692. The number of methoxy groups -OCH3 is 1. The molecule has 0 saturated heterocycles. The maximum atomic E-state index is 12.3. The number of amides is 1. The van der Waals surface area contributed by atoms with E-state index in [4.69, 9.17) is 4.74 Å². The number of nitrogens with one attached hydrogen (secondary N) is 1. The van der Waals surface area contributed by atoms with Crippen molar-refractivity contribution >= 4 is 17.4 Å². The van der Waals surface area contributed by atoms with E-state index in [1.54, 1.807) is 31.4 Å². The third-order valence-electron chi connectivity index (χ3n) is 3.98. The number of hydrogen-bond donors (Lipinski definition) is 1. The number of rotatable bonds is 6. The Labute approximate surface area is 149 Å². The van der Waals surface area contributed by atoms with Crippen LogP contribution in [0.3, 0.4) is 0 Å². The predicted molar refractivity (Wildman–Crippen MR) is 100 cm³/mol. The molecule has 0 bridgehead atoms. The van der Waals surface area contributed by atoms with Crippen LogP contribution < -0.4 is 10.1 Å². The fraction of sp³-hybridized carbons (Fsp3) is 0.333. The summed E-state index contributed by atoms with van der Waals surface area (Å²) >= 11 is 0. The van der Waals surface area contributed by atoms with Crippen LogP contribution in [0.1, 0.15) is 49.5 Å². The van der Waals surface area contributed by atoms with Crippen molar-refractivity contribution in [3.8, 4) is 5.75 Å². The van der Waals surface area contributed by atoms with Crippen LogP contribution in [0.2, 0.25) is 0 Å². The van der Waals surface area contributed by atoms with Crippen molar-refractivity contribution in [3.05, 3.63) is 59.7 Å². The zero-order valence-corrected chi connectivity index (χ0v) is 15.3. The largest absolute Gasteiger partial charge is 0.497 e. The number of hydrogen-bond acceptors (Lipinski definition) is 3. The molecule has 4 nitrogen and oxygen atoms in total. The average molecular weight is 339 g/mol. The molecule has 0 radical (unpaired) electrons. The van der Waals surface area contributed by atoms with Gasteiger partial charge >= 0.3 is 0 Å². The lowest BCUT2D eigenvalue weighted by Crippen LogP contribution is -2.19. The summed E-state index contributed by atoms with van der Waals surface area (Å²) in [6.45, 7) is 6.30. The lowest BCUT2D eigenvalue weighted by atomic mass is 9.86. The van der Waals surface area contributed by atoms with E-state index in [-0.39, 0.29) is 29.9 Å². The average Bonchev–Trinajstić information content (AvgIpc) is 2.59. The van der Waals surface area contributed by atoms with E-state index in [0.717, 1.165) is 11.3 Å². The lowest BCUT2D eigenvalue weighted by Gasteiger charge is -2.23. The summed E-state index contributed by atoms with van der Waals surface area (Å²) in [6, 6.07) is 14.7. The van der Waals surface area contributed by atoms with Crippen LogP contribution in [0, 0.1) is 0 Å². The Balaban J connectivity index is 1.98. The normalized spacial score (nSPS) is 11.0. The Morgan fingerprint density at radius 2 is 1.72 bits per heavy atom. The van der Waals surface area contributed by atoms with Gasteiger partial charge in [-0.05, 0) is 29.2 Å². The van der Waals surface area contributed by atoms with Crippen molar-refractivity contribution in [2.75, 3.05) is 12.4 Å². The highest BCUT2D eigenvalue weighted by atomic mass is 16.5. The number of Topliss-reactive ketones (excluding diaryl/α,β-unsaturated/α-hetero) is 1. The van der Waals surface area contributed by atoms with Crippen molar-refractivity contribution in [2.24, 2.45) is 0 Å². The van der Waals surface area contributed by atoms with Gasteiger partial charge in [-0.25, -0.2) is 0 Å². The monoisotopic (exact) mass is 339 g/mol. The van der Waals surface area contributed by atoms with Crippen LogP contribution in [-0.4, -0.2) is 18.8 Å². The molecule has 2 aromatic carbocycles. The molecule has 2 rings (SSSR count). The highest BCUT2D eigenvalue weighted by Crippen LogP contribution is 2.29. The molecular weight excluding hydrogens is 314 g/mol. The molecule has 0 spiro atoms. The predicted octanol–water partition coefficient (Wildman–Crippen LogP) is 4.59. The summed E-state index contributed by atoms with van der Waals surface area (Å²) in [5.74, 6) is 0.403. The fourth-order valence-corrected chi connectivity index (χ4v) is 2.63. The molecule has 0 atom stereocenters. The fourth-order valence-electron chi connectivity index (χ4n) is 2.63. The van der Waals surface area contributed by atoms with E-state index in [1.807, 2.05) is 24.3 Å². The molecule has 2 aromatic rings. The molecule has 0 heterocycles. The quantitative estimate of drug-likeness (QED) is 0.783. The van der Waals surface area contributed by atoms with Gasteiger partial charge in [0.25, 0.3) is 0 Å². The summed E-state index contributed by atoms with van der Waals surface area (Å²) < 4.78 is 5.12. The molecule has 1 amide bonds. The first kappa shape index (κ1) is 18.7. The van der Waals surface area contributed by atoms with E-state index in [9.17, 15) is 9.59 Å². The number of para-hydroxylation sites is 1. The number of benzene rings is 2. The summed E-state index contributed by atoms with van der Waals surface area (Å²) in [5.41, 5.74) is 2.36. The molecule has 4 heteroatoms. The first-order valence-corrected chi connectivity index (χ1v) is 8.38. The molecule has 132 valence electrons. The molecule has 0 aromatic heterocycles. The summed E-state index contributed by atoms with van der Waals surface area (Å²) in [5, 5.41) is 2.93. The van der Waals surface area contributed by atoms with Gasteiger partial charge in [0.1, 0.15) is 5.75 Å². The standard InChI is InChI=1S/C21H25NO3/c1-21(2,3)17-10-5-6-11-18(17)22-20(24)13-12-19(23)15-8-7-9-16(14-15)25-4/h5-11,14H,12-13H2,1-4H3,(H,22,24). The van der Waals surface area contributed by atoms with Crippen LogP contribution in [0.5, 0.6) is 5.75 Å². The van der Waals surface area contributed by atoms with Crippen LogP contribution in [0.15, 0.2) is 48.5 Å². The van der Waals surface area contributed by atoms with Crippen molar-refractivity contribution in [3.63, 3.8) is 0 Å². The number of anilines is 1. The third kappa shape index (κ3) is 5.18. The number of ketones is 1. The summed E-state index contributed by atoms with van der Waals surface area (Å²) in [6.07, 6.45) is 0.311. The van der Waals surface area contributed by atoms with E-state index in [0.29, 0.717) is 11.3 Å². The van der Waals surface area contributed by atoms with Crippen molar-refractivity contribution in [1.29, 1.82) is 0 Å². The zero-order valence-electron chi connectivity index (χ0n) is 15.3. The molecule has 25 heavy (non-hydrogen) atoms. The minimum Gasteiger partial charge on any atom is -0.497 e. The topological polar surface area (TPSA) is 55.4 Å². The smallest absolute Gasteiger partial charge is 0.224 e. The van der Waals surface area contributed by atoms with Gasteiger partial charge in [-0.1, -0.05) is 51.1 Å². The molecule has 0 unspecified atom stereocenters. The Bertz CT molecular complexity index is 760. The maximum Gasteiger partial charge on any atom is 0.224 e. The molecule has 0 saturated carbocycles. The van der Waals surface area contributed by atoms with Gasteiger partial charge in [0, 0.05) is 24.1 Å². The molecule has 0 fully saturated rings. The van der Waals surface area contributed by atoms with Gasteiger partial charge in [-0.15, -0.1) is 0 Å². The Hall–Kier alpha value is -2.62. The molecule has 1 N–H and O–H groups in total. The highest BCUT2D eigenvalue weighted by Gasteiger charge is 2.19. The second kappa shape index (κ2) is 7.97. The first-order valence-electron chi connectivity index (χ1n) is 8.38. The summed E-state index contributed by atoms with van der Waals surface area (Å²) in [7, 11) is 1.56. The SMILES string of the molecule is COc1cccc(C(=O)CCC(=O)Nc2ccccc2C(C)(C)C)c1. The highest BCUT2D eigenvalue weighted by molar-refractivity contribution is 6.00. The van der Waals surface area contributed by atoms with Crippen LogP contribution >= 0.6 is 0 Å². The van der Waals surface area contributed by atoms with Gasteiger partial charge < -0.3 is 10.1 Å². The molecule has 0 aliphatic carbocycles. The summed E-state index contributed by atoms with van der Waals surface area (Å²) in [4.78, 5) is 24.5. The van der Waals surface area contributed by atoms with E-state index >= 15 is 0 Å². The van der Waals surface area contributed by atoms with E-state index in [2.05, 4.69) is 26.1 Å². The van der Waals surface area contributed by atoms with Crippen LogP contribution in [0.4, 0.5) is 5.69 Å². The second-order valence-corrected chi connectivity index (χ2v) is 7.00. The Kier molecular flexibility index (Phi) is 5.97. The minimum atomic E-state index is -0.159.